The molecule has 0 spiro atoms. The van der Waals surface area contributed by atoms with Crippen molar-refractivity contribution < 1.29 is 14.5 Å². The standard InChI is InChI=1S/C19H18N4O4/c1-12-4-9-17(27-3)16(10-12)19(24)20-18-11-13(2)21-22(18)14-5-7-15(8-6-14)23(25)26/h4-11H,1-3H3,(H,20,24). The molecule has 8 heteroatoms. The van der Waals surface area contributed by atoms with Crippen LogP contribution in [0, 0.1) is 24.0 Å². The van der Waals surface area contributed by atoms with Crippen LogP contribution in [-0.2, 0) is 0 Å². The van der Waals surface area contributed by atoms with E-state index in [1.54, 1.807) is 37.3 Å². The molecule has 0 unspecified atom stereocenters. The van der Waals surface area contributed by atoms with E-state index in [4.69, 9.17) is 4.74 Å². The highest BCUT2D eigenvalue weighted by molar-refractivity contribution is 6.06. The van der Waals surface area contributed by atoms with Crippen molar-refractivity contribution in [2.24, 2.45) is 0 Å². The van der Waals surface area contributed by atoms with Crippen molar-refractivity contribution in [2.75, 3.05) is 12.4 Å². The number of amides is 1. The van der Waals surface area contributed by atoms with E-state index in [-0.39, 0.29) is 11.6 Å². The molecular weight excluding hydrogens is 348 g/mol. The maximum Gasteiger partial charge on any atom is 0.269 e. The number of nitro benzene ring substituents is 1. The maximum atomic E-state index is 12.8. The van der Waals surface area contributed by atoms with Crippen molar-refractivity contribution in [1.82, 2.24) is 9.78 Å². The van der Waals surface area contributed by atoms with Gasteiger partial charge in [-0.2, -0.15) is 5.10 Å². The summed E-state index contributed by atoms with van der Waals surface area (Å²) in [7, 11) is 1.51. The van der Waals surface area contributed by atoms with Gasteiger partial charge in [-0.3, -0.25) is 14.9 Å². The Balaban J connectivity index is 1.94. The van der Waals surface area contributed by atoms with Crippen LogP contribution in [0.25, 0.3) is 5.69 Å². The second-order valence-corrected chi connectivity index (χ2v) is 6.01. The SMILES string of the molecule is COc1ccc(C)cc1C(=O)Nc1cc(C)nn1-c1ccc([N+](=O)[O-])cc1. The number of hydrogen-bond donors (Lipinski definition) is 1. The van der Waals surface area contributed by atoms with Gasteiger partial charge in [0.05, 0.1) is 29.0 Å². The molecule has 0 bridgehead atoms. The van der Waals surface area contributed by atoms with Gasteiger partial charge in [0.2, 0.25) is 0 Å². The van der Waals surface area contributed by atoms with E-state index in [1.807, 2.05) is 13.0 Å². The molecular formula is C19H18N4O4. The molecule has 0 saturated heterocycles. The van der Waals surface area contributed by atoms with Gasteiger partial charge >= 0.3 is 0 Å². The van der Waals surface area contributed by atoms with Crippen molar-refractivity contribution in [3.05, 3.63) is 75.5 Å². The number of anilines is 1. The number of aromatic nitrogens is 2. The van der Waals surface area contributed by atoms with Gasteiger partial charge in [-0.05, 0) is 38.1 Å². The summed E-state index contributed by atoms with van der Waals surface area (Å²) in [5.41, 5.74) is 2.62. The number of nitrogens with zero attached hydrogens (tertiary/aromatic N) is 3. The molecule has 0 aliphatic rings. The Morgan fingerprint density at radius 3 is 2.48 bits per heavy atom. The van der Waals surface area contributed by atoms with E-state index in [2.05, 4.69) is 10.4 Å². The summed E-state index contributed by atoms with van der Waals surface area (Å²) >= 11 is 0. The number of aryl methyl sites for hydroxylation is 2. The van der Waals surface area contributed by atoms with E-state index in [9.17, 15) is 14.9 Å². The molecule has 0 aliphatic carbocycles. The molecule has 1 amide bonds. The van der Waals surface area contributed by atoms with Gasteiger partial charge < -0.3 is 10.1 Å². The molecule has 3 aromatic rings. The lowest BCUT2D eigenvalue weighted by atomic mass is 10.1. The first-order valence-electron chi connectivity index (χ1n) is 8.16. The summed E-state index contributed by atoms with van der Waals surface area (Å²) in [5, 5.41) is 18.0. The minimum atomic E-state index is -0.467. The number of rotatable bonds is 5. The van der Waals surface area contributed by atoms with Crippen LogP contribution < -0.4 is 10.1 Å². The topological polar surface area (TPSA) is 99.3 Å². The van der Waals surface area contributed by atoms with Crippen LogP contribution >= 0.6 is 0 Å². The summed E-state index contributed by atoms with van der Waals surface area (Å²) in [4.78, 5) is 23.1. The third-order valence-corrected chi connectivity index (χ3v) is 3.98. The zero-order valence-corrected chi connectivity index (χ0v) is 15.1. The maximum absolute atomic E-state index is 12.8. The first kappa shape index (κ1) is 18.1. The van der Waals surface area contributed by atoms with Crippen molar-refractivity contribution in [3.63, 3.8) is 0 Å². The molecule has 0 fully saturated rings. The molecule has 138 valence electrons. The Labute approximate surface area is 155 Å². The Morgan fingerprint density at radius 2 is 1.85 bits per heavy atom. The van der Waals surface area contributed by atoms with Crippen molar-refractivity contribution >= 4 is 17.4 Å². The molecule has 0 aliphatic heterocycles. The summed E-state index contributed by atoms with van der Waals surface area (Å²) < 4.78 is 6.79. The van der Waals surface area contributed by atoms with Crippen LogP contribution in [-0.4, -0.2) is 27.7 Å². The number of nitro groups is 1. The van der Waals surface area contributed by atoms with E-state index >= 15 is 0 Å². The van der Waals surface area contributed by atoms with Crippen molar-refractivity contribution in [3.8, 4) is 11.4 Å². The summed E-state index contributed by atoms with van der Waals surface area (Å²) in [6.45, 7) is 3.69. The van der Waals surface area contributed by atoms with Gasteiger partial charge in [0.1, 0.15) is 11.6 Å². The number of hydrogen-bond acceptors (Lipinski definition) is 5. The quantitative estimate of drug-likeness (QED) is 0.549. The van der Waals surface area contributed by atoms with Crippen LogP contribution in [0.2, 0.25) is 0 Å². The third-order valence-electron chi connectivity index (χ3n) is 3.98. The second kappa shape index (κ2) is 7.28. The number of benzene rings is 2. The fraction of sp³-hybridized carbons (Fsp3) is 0.158. The molecule has 0 atom stereocenters. The average molecular weight is 366 g/mol. The van der Waals surface area contributed by atoms with Gasteiger partial charge in [0.15, 0.2) is 0 Å². The normalized spacial score (nSPS) is 10.5. The Hall–Kier alpha value is -3.68. The summed E-state index contributed by atoms with van der Waals surface area (Å²) in [6, 6.07) is 13.0. The summed E-state index contributed by atoms with van der Waals surface area (Å²) in [5.74, 6) is 0.588. The molecule has 3 rings (SSSR count). The van der Waals surface area contributed by atoms with E-state index < -0.39 is 4.92 Å². The van der Waals surface area contributed by atoms with Gasteiger partial charge in [0.25, 0.3) is 11.6 Å². The van der Waals surface area contributed by atoms with E-state index in [0.717, 1.165) is 5.56 Å². The van der Waals surface area contributed by atoms with Gasteiger partial charge in [0, 0.05) is 18.2 Å². The van der Waals surface area contributed by atoms with Gasteiger partial charge in [-0.25, -0.2) is 4.68 Å². The molecule has 0 radical (unpaired) electrons. The number of nitrogens with one attached hydrogen (secondary N) is 1. The lowest BCUT2D eigenvalue weighted by Crippen LogP contribution is -2.16. The van der Waals surface area contributed by atoms with Gasteiger partial charge in [-0.1, -0.05) is 11.6 Å². The lowest BCUT2D eigenvalue weighted by Gasteiger charge is -2.11. The molecule has 8 nitrogen and oxygen atoms in total. The van der Waals surface area contributed by atoms with Crippen LogP contribution in [0.4, 0.5) is 11.5 Å². The van der Waals surface area contributed by atoms with Gasteiger partial charge in [-0.15, -0.1) is 0 Å². The molecule has 0 saturated carbocycles. The first-order valence-corrected chi connectivity index (χ1v) is 8.16. The minimum absolute atomic E-state index is 0.0160. The number of carbonyl (C=O) groups excluding carboxylic acids is 1. The molecule has 27 heavy (non-hydrogen) atoms. The van der Waals surface area contributed by atoms with Crippen LogP contribution in [0.1, 0.15) is 21.6 Å². The molecule has 1 N–H and O–H groups in total. The van der Waals surface area contributed by atoms with E-state index in [1.165, 1.54) is 23.9 Å². The predicted octanol–water partition coefficient (Wildman–Crippen LogP) is 3.66. The smallest absolute Gasteiger partial charge is 0.269 e. The predicted molar refractivity (Wildman–Crippen MR) is 101 cm³/mol. The number of ether oxygens (including phenoxy) is 1. The fourth-order valence-corrected chi connectivity index (χ4v) is 2.68. The Kier molecular flexibility index (Phi) is 4.89. The Bertz CT molecular complexity index is 1010. The monoisotopic (exact) mass is 366 g/mol. The number of carbonyl (C=O) groups is 1. The Morgan fingerprint density at radius 1 is 1.15 bits per heavy atom. The highest BCUT2D eigenvalue weighted by Gasteiger charge is 2.17. The number of methoxy groups -OCH3 is 1. The van der Waals surface area contributed by atoms with Crippen LogP contribution in [0.3, 0.4) is 0 Å². The number of non-ortho nitro benzene ring substituents is 1. The summed E-state index contributed by atoms with van der Waals surface area (Å²) in [6.07, 6.45) is 0. The average Bonchev–Trinajstić information content (AvgIpc) is 3.01. The highest BCUT2D eigenvalue weighted by atomic mass is 16.6. The molecule has 1 heterocycles. The zero-order valence-electron chi connectivity index (χ0n) is 15.1. The first-order chi connectivity index (χ1) is 12.9. The fourth-order valence-electron chi connectivity index (χ4n) is 2.68. The van der Waals surface area contributed by atoms with Crippen LogP contribution in [0.15, 0.2) is 48.5 Å². The highest BCUT2D eigenvalue weighted by Crippen LogP contribution is 2.24. The van der Waals surface area contributed by atoms with Crippen LogP contribution in [0.5, 0.6) is 5.75 Å². The minimum Gasteiger partial charge on any atom is -0.496 e. The molecule has 1 aromatic heterocycles. The zero-order chi connectivity index (χ0) is 19.6. The third kappa shape index (κ3) is 3.79. The largest absolute Gasteiger partial charge is 0.496 e. The van der Waals surface area contributed by atoms with Crippen molar-refractivity contribution in [2.45, 2.75) is 13.8 Å². The van der Waals surface area contributed by atoms with E-state index in [0.29, 0.717) is 28.5 Å². The molecule has 2 aromatic carbocycles. The lowest BCUT2D eigenvalue weighted by molar-refractivity contribution is -0.384. The van der Waals surface area contributed by atoms with Crippen molar-refractivity contribution in [1.29, 1.82) is 0 Å². The second-order valence-electron chi connectivity index (χ2n) is 6.01.